The molecule has 0 spiro atoms. The Morgan fingerprint density at radius 3 is 2.47 bits per heavy atom. The molecule has 0 aliphatic carbocycles. The highest BCUT2D eigenvalue weighted by molar-refractivity contribution is 5.67. The molecule has 3 N–H and O–H groups in total. The second-order valence-corrected chi connectivity index (χ2v) is 4.08. The predicted octanol–water partition coefficient (Wildman–Crippen LogP) is 2.44. The van der Waals surface area contributed by atoms with Crippen molar-refractivity contribution in [2.45, 2.75) is 13.8 Å². The maximum absolute atomic E-state index is 5.73. The van der Waals surface area contributed by atoms with E-state index in [9.17, 15) is 0 Å². The van der Waals surface area contributed by atoms with Gasteiger partial charge < -0.3 is 16.0 Å². The lowest BCUT2D eigenvalue weighted by Crippen LogP contribution is -2.28. The predicted molar refractivity (Wildman–Crippen MR) is 75.6 cm³/mol. The standard InChI is InChI=1S/C14H21N3/c1-10(2)17(9-15)14-7-6-13(8-11(14)3)12(4)16-5/h6-8,16H,1,4,9,15H2,2-3,5H3. The fourth-order valence-electron chi connectivity index (χ4n) is 1.75. The van der Waals surface area contributed by atoms with E-state index in [2.05, 4.69) is 37.5 Å². The third-order valence-corrected chi connectivity index (χ3v) is 2.78. The zero-order valence-corrected chi connectivity index (χ0v) is 10.9. The molecule has 0 bridgehead atoms. The van der Waals surface area contributed by atoms with Gasteiger partial charge in [0.05, 0.1) is 6.67 Å². The molecule has 1 rings (SSSR count). The van der Waals surface area contributed by atoms with Gasteiger partial charge in [0.15, 0.2) is 0 Å². The largest absolute Gasteiger partial charge is 0.388 e. The van der Waals surface area contributed by atoms with E-state index in [1.165, 1.54) is 0 Å². The molecule has 0 aromatic heterocycles. The van der Waals surface area contributed by atoms with Gasteiger partial charge in [-0.25, -0.2) is 0 Å². The van der Waals surface area contributed by atoms with Gasteiger partial charge in [-0.1, -0.05) is 19.2 Å². The van der Waals surface area contributed by atoms with Crippen LogP contribution in [0.15, 0.2) is 37.1 Å². The van der Waals surface area contributed by atoms with E-state index < -0.39 is 0 Å². The highest BCUT2D eigenvalue weighted by atomic mass is 15.2. The molecule has 0 amide bonds. The summed E-state index contributed by atoms with van der Waals surface area (Å²) in [6.45, 7) is 12.3. The molecule has 0 fully saturated rings. The van der Waals surface area contributed by atoms with Crippen molar-refractivity contribution in [2.24, 2.45) is 5.73 Å². The Morgan fingerprint density at radius 1 is 1.41 bits per heavy atom. The first-order valence-corrected chi connectivity index (χ1v) is 5.62. The molecule has 3 nitrogen and oxygen atoms in total. The van der Waals surface area contributed by atoms with E-state index in [4.69, 9.17) is 5.73 Å². The minimum atomic E-state index is 0.433. The highest BCUT2D eigenvalue weighted by Crippen LogP contribution is 2.25. The molecule has 0 atom stereocenters. The van der Waals surface area contributed by atoms with Crippen LogP contribution in [-0.2, 0) is 0 Å². The van der Waals surface area contributed by atoms with Crippen LogP contribution in [0.1, 0.15) is 18.1 Å². The fourth-order valence-corrected chi connectivity index (χ4v) is 1.75. The van der Waals surface area contributed by atoms with Gasteiger partial charge in [0.1, 0.15) is 0 Å². The van der Waals surface area contributed by atoms with Gasteiger partial charge in [-0.3, -0.25) is 0 Å². The van der Waals surface area contributed by atoms with Crippen molar-refractivity contribution in [1.82, 2.24) is 5.32 Å². The number of aryl methyl sites for hydroxylation is 1. The lowest BCUT2D eigenvalue weighted by Gasteiger charge is -2.25. The minimum Gasteiger partial charge on any atom is -0.388 e. The van der Waals surface area contributed by atoms with Crippen LogP contribution in [0.4, 0.5) is 5.69 Å². The summed E-state index contributed by atoms with van der Waals surface area (Å²) in [5.41, 5.74) is 10.9. The molecule has 0 aliphatic heterocycles. The van der Waals surface area contributed by atoms with E-state index >= 15 is 0 Å². The van der Waals surface area contributed by atoms with Crippen LogP contribution in [0.25, 0.3) is 5.70 Å². The van der Waals surface area contributed by atoms with Crippen molar-refractivity contribution >= 4 is 11.4 Å². The second-order valence-electron chi connectivity index (χ2n) is 4.08. The number of benzene rings is 1. The molecule has 92 valence electrons. The van der Waals surface area contributed by atoms with Crippen LogP contribution >= 0.6 is 0 Å². The Hall–Kier alpha value is -1.74. The number of rotatable bonds is 5. The summed E-state index contributed by atoms with van der Waals surface area (Å²) in [7, 11) is 1.87. The van der Waals surface area contributed by atoms with Crippen LogP contribution in [-0.4, -0.2) is 13.7 Å². The lowest BCUT2D eigenvalue weighted by molar-refractivity contribution is 0.920. The Bertz CT molecular complexity index is 435. The highest BCUT2D eigenvalue weighted by Gasteiger charge is 2.09. The van der Waals surface area contributed by atoms with Crippen molar-refractivity contribution in [3.8, 4) is 0 Å². The summed E-state index contributed by atoms with van der Waals surface area (Å²) in [4.78, 5) is 1.99. The molecule has 0 heterocycles. The maximum atomic E-state index is 5.73. The quantitative estimate of drug-likeness (QED) is 0.765. The number of allylic oxidation sites excluding steroid dienone is 1. The number of nitrogens with zero attached hydrogens (tertiary/aromatic N) is 1. The maximum Gasteiger partial charge on any atom is 0.0703 e. The van der Waals surface area contributed by atoms with Crippen molar-refractivity contribution < 1.29 is 0 Å². The van der Waals surface area contributed by atoms with Gasteiger partial charge in [0.25, 0.3) is 0 Å². The summed E-state index contributed by atoms with van der Waals surface area (Å²) >= 11 is 0. The van der Waals surface area contributed by atoms with Gasteiger partial charge >= 0.3 is 0 Å². The topological polar surface area (TPSA) is 41.3 Å². The lowest BCUT2D eigenvalue weighted by atomic mass is 10.1. The zero-order valence-electron chi connectivity index (χ0n) is 10.9. The Morgan fingerprint density at radius 2 is 2.06 bits per heavy atom. The summed E-state index contributed by atoms with van der Waals surface area (Å²) in [5.74, 6) is 0. The van der Waals surface area contributed by atoms with Gasteiger partial charge in [-0.15, -0.1) is 0 Å². The average Bonchev–Trinajstić information content (AvgIpc) is 2.30. The van der Waals surface area contributed by atoms with E-state index in [-0.39, 0.29) is 0 Å². The first kappa shape index (κ1) is 13.3. The Labute approximate surface area is 104 Å². The third kappa shape index (κ3) is 2.88. The number of hydrogen-bond acceptors (Lipinski definition) is 3. The van der Waals surface area contributed by atoms with Crippen LogP contribution in [0.5, 0.6) is 0 Å². The summed E-state index contributed by atoms with van der Waals surface area (Å²) in [6, 6.07) is 6.18. The van der Waals surface area contributed by atoms with E-state index in [1.807, 2.05) is 24.9 Å². The number of nitrogens with one attached hydrogen (secondary N) is 1. The summed E-state index contributed by atoms with van der Waals surface area (Å²) in [6.07, 6.45) is 0. The van der Waals surface area contributed by atoms with Crippen LogP contribution in [0.2, 0.25) is 0 Å². The molecule has 1 aromatic rings. The van der Waals surface area contributed by atoms with E-state index in [0.717, 1.165) is 28.2 Å². The van der Waals surface area contributed by atoms with Gasteiger partial charge in [0, 0.05) is 24.1 Å². The number of hydrogen-bond donors (Lipinski definition) is 2. The molecule has 0 saturated heterocycles. The fraction of sp³-hybridized carbons (Fsp3) is 0.286. The third-order valence-electron chi connectivity index (χ3n) is 2.78. The van der Waals surface area contributed by atoms with Crippen molar-refractivity contribution in [3.05, 3.63) is 48.2 Å². The van der Waals surface area contributed by atoms with Gasteiger partial charge in [0.2, 0.25) is 0 Å². The Kier molecular flexibility index (Phi) is 4.35. The minimum absolute atomic E-state index is 0.433. The smallest absolute Gasteiger partial charge is 0.0703 e. The first-order chi connectivity index (χ1) is 8.01. The van der Waals surface area contributed by atoms with Crippen LogP contribution < -0.4 is 16.0 Å². The molecular weight excluding hydrogens is 210 g/mol. The molecular formula is C14H21N3. The monoisotopic (exact) mass is 231 g/mol. The van der Waals surface area contributed by atoms with Crippen LogP contribution in [0, 0.1) is 6.92 Å². The van der Waals surface area contributed by atoms with Gasteiger partial charge in [-0.2, -0.15) is 0 Å². The first-order valence-electron chi connectivity index (χ1n) is 5.62. The molecule has 0 saturated carbocycles. The molecule has 0 radical (unpaired) electrons. The summed E-state index contributed by atoms with van der Waals surface area (Å²) in [5, 5.41) is 3.04. The number of nitrogens with two attached hydrogens (primary N) is 1. The molecule has 3 heteroatoms. The van der Waals surface area contributed by atoms with Crippen molar-refractivity contribution in [2.75, 3.05) is 18.6 Å². The molecule has 0 unspecified atom stereocenters. The Balaban J connectivity index is 3.13. The van der Waals surface area contributed by atoms with Crippen molar-refractivity contribution in [3.63, 3.8) is 0 Å². The van der Waals surface area contributed by atoms with Crippen LogP contribution in [0.3, 0.4) is 0 Å². The van der Waals surface area contributed by atoms with E-state index in [0.29, 0.717) is 6.67 Å². The average molecular weight is 231 g/mol. The van der Waals surface area contributed by atoms with Crippen molar-refractivity contribution in [1.29, 1.82) is 0 Å². The normalized spacial score (nSPS) is 9.88. The number of anilines is 1. The zero-order chi connectivity index (χ0) is 13.0. The van der Waals surface area contributed by atoms with E-state index in [1.54, 1.807) is 0 Å². The molecule has 0 aliphatic rings. The molecule has 1 aromatic carbocycles. The SMILES string of the molecule is C=C(NC)c1ccc(N(CN)C(=C)C)c(C)c1. The van der Waals surface area contributed by atoms with Gasteiger partial charge in [-0.05, 0) is 37.1 Å². The summed E-state index contributed by atoms with van der Waals surface area (Å²) < 4.78 is 0. The molecule has 17 heavy (non-hydrogen) atoms. The second kappa shape index (κ2) is 5.55.